The van der Waals surface area contributed by atoms with Crippen LogP contribution in [-0.4, -0.2) is 31.3 Å². The zero-order valence-corrected chi connectivity index (χ0v) is 12.5. The maximum atomic E-state index is 5.83. The van der Waals surface area contributed by atoms with Gasteiger partial charge < -0.3 is 10.6 Å². The monoisotopic (exact) mass is 295 g/mol. The molecule has 0 aliphatic carbocycles. The lowest BCUT2D eigenvalue weighted by Crippen LogP contribution is -2.37. The highest BCUT2D eigenvalue weighted by atomic mass is 35.5. The van der Waals surface area contributed by atoms with E-state index in [9.17, 15) is 0 Å². The predicted octanol–water partition coefficient (Wildman–Crippen LogP) is 2.62. The van der Waals surface area contributed by atoms with Gasteiger partial charge in [0.1, 0.15) is 0 Å². The number of benzene rings is 1. The minimum absolute atomic E-state index is 0.482. The fraction of sp³-hybridized carbons (Fsp3) is 0.357. The van der Waals surface area contributed by atoms with Crippen molar-refractivity contribution in [1.29, 1.82) is 0 Å². The zero-order valence-electron chi connectivity index (χ0n) is 10.9. The van der Waals surface area contributed by atoms with Crippen molar-refractivity contribution in [2.75, 3.05) is 25.4 Å². The molecule has 0 aliphatic heterocycles. The van der Waals surface area contributed by atoms with E-state index in [2.05, 4.69) is 21.5 Å². The molecule has 1 aromatic rings. The van der Waals surface area contributed by atoms with Crippen LogP contribution in [0.2, 0.25) is 5.02 Å². The Kier molecular flexibility index (Phi) is 7.95. The Balaban J connectivity index is 2.34. The van der Waals surface area contributed by atoms with Crippen LogP contribution in [0.5, 0.6) is 0 Å². The SMILES string of the molecule is C#CCNC(=NCCSc1ccc(Cl)cc1)NCC. The lowest BCUT2D eigenvalue weighted by atomic mass is 10.4. The Morgan fingerprint density at radius 3 is 2.74 bits per heavy atom. The number of hydrogen-bond donors (Lipinski definition) is 2. The number of nitrogens with zero attached hydrogens (tertiary/aromatic N) is 1. The molecule has 0 atom stereocenters. The van der Waals surface area contributed by atoms with Crippen molar-refractivity contribution in [2.45, 2.75) is 11.8 Å². The first-order chi connectivity index (χ1) is 9.26. The van der Waals surface area contributed by atoms with E-state index < -0.39 is 0 Å². The first-order valence-electron chi connectivity index (χ1n) is 6.10. The van der Waals surface area contributed by atoms with Crippen molar-refractivity contribution < 1.29 is 0 Å². The molecule has 0 aliphatic rings. The highest BCUT2D eigenvalue weighted by Crippen LogP contribution is 2.19. The normalized spacial score (nSPS) is 10.9. The van der Waals surface area contributed by atoms with Gasteiger partial charge in [0.05, 0.1) is 13.1 Å². The van der Waals surface area contributed by atoms with Gasteiger partial charge in [0, 0.05) is 22.2 Å². The summed E-state index contributed by atoms with van der Waals surface area (Å²) in [7, 11) is 0. The van der Waals surface area contributed by atoms with Crippen LogP contribution in [0.1, 0.15) is 6.92 Å². The van der Waals surface area contributed by atoms with Gasteiger partial charge in [0.25, 0.3) is 0 Å². The summed E-state index contributed by atoms with van der Waals surface area (Å²) in [6.45, 7) is 4.06. The van der Waals surface area contributed by atoms with E-state index in [1.165, 1.54) is 4.90 Å². The second kappa shape index (κ2) is 9.60. The van der Waals surface area contributed by atoms with E-state index in [1.807, 2.05) is 31.2 Å². The van der Waals surface area contributed by atoms with E-state index in [-0.39, 0.29) is 0 Å². The first kappa shape index (κ1) is 15.7. The van der Waals surface area contributed by atoms with Crippen molar-refractivity contribution in [3.8, 4) is 12.3 Å². The molecule has 102 valence electrons. The van der Waals surface area contributed by atoms with Gasteiger partial charge in [-0.3, -0.25) is 4.99 Å². The van der Waals surface area contributed by atoms with Crippen molar-refractivity contribution in [1.82, 2.24) is 10.6 Å². The maximum absolute atomic E-state index is 5.83. The van der Waals surface area contributed by atoms with Crippen LogP contribution < -0.4 is 10.6 Å². The fourth-order valence-corrected chi connectivity index (χ4v) is 2.20. The van der Waals surface area contributed by atoms with Crippen LogP contribution in [0.15, 0.2) is 34.2 Å². The molecule has 0 aromatic heterocycles. The average molecular weight is 296 g/mol. The van der Waals surface area contributed by atoms with Gasteiger partial charge >= 0.3 is 0 Å². The molecule has 0 unspecified atom stereocenters. The summed E-state index contributed by atoms with van der Waals surface area (Å²) in [5.41, 5.74) is 0. The summed E-state index contributed by atoms with van der Waals surface area (Å²) in [5, 5.41) is 6.95. The Morgan fingerprint density at radius 1 is 1.37 bits per heavy atom. The molecule has 1 rings (SSSR count). The summed E-state index contributed by atoms with van der Waals surface area (Å²) >= 11 is 7.59. The van der Waals surface area contributed by atoms with Crippen LogP contribution >= 0.6 is 23.4 Å². The number of hydrogen-bond acceptors (Lipinski definition) is 2. The minimum atomic E-state index is 0.482. The van der Waals surface area contributed by atoms with Crippen LogP contribution in [0.25, 0.3) is 0 Å². The van der Waals surface area contributed by atoms with Crippen LogP contribution in [0.4, 0.5) is 0 Å². The van der Waals surface area contributed by atoms with E-state index in [0.717, 1.165) is 29.8 Å². The van der Waals surface area contributed by atoms with Crippen LogP contribution in [0, 0.1) is 12.3 Å². The second-order valence-electron chi connectivity index (χ2n) is 3.62. The average Bonchev–Trinajstić information content (AvgIpc) is 2.42. The molecule has 19 heavy (non-hydrogen) atoms. The quantitative estimate of drug-likeness (QED) is 0.278. The zero-order chi connectivity index (χ0) is 13.9. The van der Waals surface area contributed by atoms with Crippen molar-refractivity contribution in [2.24, 2.45) is 4.99 Å². The molecule has 2 N–H and O–H groups in total. The summed E-state index contributed by atoms with van der Waals surface area (Å²) in [5.74, 6) is 4.20. The van der Waals surface area contributed by atoms with Gasteiger partial charge in [-0.2, -0.15) is 0 Å². The Bertz CT molecular complexity index is 437. The second-order valence-corrected chi connectivity index (χ2v) is 5.23. The third kappa shape index (κ3) is 7.00. The summed E-state index contributed by atoms with van der Waals surface area (Å²) in [6, 6.07) is 7.81. The molecule has 0 bridgehead atoms. The Hall–Kier alpha value is -1.31. The van der Waals surface area contributed by atoms with E-state index in [0.29, 0.717) is 6.54 Å². The van der Waals surface area contributed by atoms with E-state index >= 15 is 0 Å². The third-order valence-corrected chi connectivity index (χ3v) is 3.39. The number of aliphatic imine (C=N–C) groups is 1. The summed E-state index contributed by atoms with van der Waals surface area (Å²) < 4.78 is 0. The summed E-state index contributed by atoms with van der Waals surface area (Å²) in [4.78, 5) is 5.63. The lowest BCUT2D eigenvalue weighted by Gasteiger charge is -2.08. The van der Waals surface area contributed by atoms with Gasteiger partial charge in [-0.25, -0.2) is 0 Å². The Labute approximate surface area is 124 Å². The molecule has 0 saturated heterocycles. The highest BCUT2D eigenvalue weighted by molar-refractivity contribution is 7.99. The molecule has 0 radical (unpaired) electrons. The Morgan fingerprint density at radius 2 is 2.11 bits per heavy atom. The van der Waals surface area contributed by atoms with Gasteiger partial charge in [-0.15, -0.1) is 18.2 Å². The highest BCUT2D eigenvalue weighted by Gasteiger charge is 1.96. The molecule has 0 saturated carbocycles. The molecule has 3 nitrogen and oxygen atoms in total. The molecule has 1 aromatic carbocycles. The minimum Gasteiger partial charge on any atom is -0.357 e. The molecule has 0 spiro atoms. The molecule has 0 fully saturated rings. The van der Waals surface area contributed by atoms with Gasteiger partial charge in [0.15, 0.2) is 5.96 Å². The molecule has 0 amide bonds. The number of rotatable bonds is 6. The maximum Gasteiger partial charge on any atom is 0.192 e. The molecular formula is C14H18ClN3S. The largest absolute Gasteiger partial charge is 0.357 e. The van der Waals surface area contributed by atoms with Crippen molar-refractivity contribution in [3.05, 3.63) is 29.3 Å². The number of halogens is 1. The number of guanidine groups is 1. The standard InChI is InChI=1S/C14H18ClN3S/c1-3-9-17-14(16-4-2)18-10-11-19-13-7-5-12(15)6-8-13/h1,5-8H,4,9-11H2,2H3,(H2,16,17,18). The van der Waals surface area contributed by atoms with E-state index in [1.54, 1.807) is 11.8 Å². The fourth-order valence-electron chi connectivity index (χ4n) is 1.33. The van der Waals surface area contributed by atoms with Crippen LogP contribution in [0.3, 0.4) is 0 Å². The number of terminal acetylenes is 1. The molecule has 0 heterocycles. The molecule has 5 heteroatoms. The van der Waals surface area contributed by atoms with Crippen LogP contribution in [-0.2, 0) is 0 Å². The third-order valence-electron chi connectivity index (χ3n) is 2.15. The predicted molar refractivity (Wildman–Crippen MR) is 85.0 cm³/mol. The van der Waals surface area contributed by atoms with E-state index in [4.69, 9.17) is 18.0 Å². The molecular weight excluding hydrogens is 278 g/mol. The number of nitrogens with one attached hydrogen (secondary N) is 2. The summed E-state index contributed by atoms with van der Waals surface area (Å²) in [6.07, 6.45) is 5.21. The smallest absolute Gasteiger partial charge is 0.192 e. The topological polar surface area (TPSA) is 36.4 Å². The van der Waals surface area contributed by atoms with Gasteiger partial charge in [-0.05, 0) is 31.2 Å². The number of thioether (sulfide) groups is 1. The first-order valence-corrected chi connectivity index (χ1v) is 7.46. The lowest BCUT2D eigenvalue weighted by molar-refractivity contribution is 0.874. The van der Waals surface area contributed by atoms with Gasteiger partial charge in [-0.1, -0.05) is 17.5 Å². The van der Waals surface area contributed by atoms with Crippen molar-refractivity contribution in [3.63, 3.8) is 0 Å². The van der Waals surface area contributed by atoms with Gasteiger partial charge in [0.2, 0.25) is 0 Å². The van der Waals surface area contributed by atoms with Crippen molar-refractivity contribution >= 4 is 29.3 Å².